The Morgan fingerprint density at radius 3 is 1.89 bits per heavy atom. The predicted molar refractivity (Wildman–Crippen MR) is 341 cm³/mol. The molecule has 0 fully saturated rings. The first-order chi connectivity index (χ1) is 42.6. The number of aromatic nitrogens is 3. The number of hydrazone groups is 1. The molecule has 24 nitrogen and oxygen atoms in total. The van der Waals surface area contributed by atoms with Crippen LogP contribution < -0.4 is 59.4 Å². The molecular formula is C64H97N15O9. The number of H-pyrrole nitrogens is 2. The minimum atomic E-state index is -1.33. The van der Waals surface area contributed by atoms with Crippen molar-refractivity contribution in [3.8, 4) is 0 Å². The van der Waals surface area contributed by atoms with Crippen LogP contribution in [0.3, 0.4) is 0 Å². The number of para-hydroxylation sites is 1. The summed E-state index contributed by atoms with van der Waals surface area (Å²) in [5.41, 5.74) is 16.8. The number of nitrogens with zero attached hydrogens (tertiary/aromatic N) is 2. The lowest BCUT2D eigenvalue weighted by molar-refractivity contribution is -0.135. The van der Waals surface area contributed by atoms with E-state index < -0.39 is 83.5 Å². The molecule has 0 spiro atoms. The summed E-state index contributed by atoms with van der Waals surface area (Å²) in [4.78, 5) is 131. The van der Waals surface area contributed by atoms with Gasteiger partial charge in [0.2, 0.25) is 47.3 Å². The number of rotatable bonds is 46. The van der Waals surface area contributed by atoms with Crippen LogP contribution in [-0.4, -0.2) is 137 Å². The highest BCUT2D eigenvalue weighted by molar-refractivity contribution is 6.26. The van der Waals surface area contributed by atoms with E-state index in [1.165, 1.54) is 58.0 Å². The number of unbranched alkanes of at least 4 members (excludes halogenated alkanes) is 11. The summed E-state index contributed by atoms with van der Waals surface area (Å²) >= 11 is 0. The van der Waals surface area contributed by atoms with Crippen molar-refractivity contribution in [1.29, 1.82) is 0 Å². The molecule has 6 atom stereocenters. The molecule has 0 aliphatic rings. The van der Waals surface area contributed by atoms with E-state index in [-0.39, 0.29) is 44.6 Å². The maximum absolute atomic E-state index is 14.5. The Hall–Kier alpha value is -8.41. The van der Waals surface area contributed by atoms with Gasteiger partial charge in [-0.15, -0.1) is 0 Å². The van der Waals surface area contributed by atoms with Gasteiger partial charge in [-0.3, -0.25) is 43.2 Å². The van der Waals surface area contributed by atoms with Gasteiger partial charge in [-0.25, -0.2) is 4.98 Å². The fraction of sp³-hybridized carbons (Fsp3) is 0.547. The van der Waals surface area contributed by atoms with Crippen molar-refractivity contribution < 1.29 is 43.2 Å². The minimum Gasteiger partial charge on any atom is -0.368 e. The van der Waals surface area contributed by atoms with Crippen molar-refractivity contribution in [2.45, 2.75) is 198 Å². The summed E-state index contributed by atoms with van der Waals surface area (Å²) in [6.45, 7) is 6.21. The van der Waals surface area contributed by atoms with E-state index in [2.05, 4.69) is 87.1 Å². The second-order valence-corrected chi connectivity index (χ2v) is 22.2. The largest absolute Gasteiger partial charge is 0.368 e. The van der Waals surface area contributed by atoms with Gasteiger partial charge in [0.1, 0.15) is 49.0 Å². The van der Waals surface area contributed by atoms with E-state index in [4.69, 9.17) is 11.5 Å². The second-order valence-electron chi connectivity index (χ2n) is 22.2. The van der Waals surface area contributed by atoms with E-state index in [1.54, 1.807) is 36.5 Å². The molecular weight excluding hydrogens is 1120 g/mol. The number of amides is 9. The molecule has 4 rings (SSSR count). The van der Waals surface area contributed by atoms with Gasteiger partial charge >= 0.3 is 0 Å². The Morgan fingerprint density at radius 2 is 1.18 bits per heavy atom. The molecule has 4 aromatic rings. The highest BCUT2D eigenvalue weighted by Gasteiger charge is 2.33. The first-order valence-electron chi connectivity index (χ1n) is 31.4. The van der Waals surface area contributed by atoms with Crippen molar-refractivity contribution in [3.05, 3.63) is 102 Å². The Balaban J connectivity index is 1.28. The number of hydrogen-bond acceptors (Lipinski definition) is 13. The molecule has 0 bridgehead atoms. The SMILES string of the molecule is CCCCCC/C=C\CCCCCCCC(=O)NCCCNC(=O)/C=N/NCC(=O)N[C@@H](CCCC)C(=O)N[C@@H](C)C(=O)N[C@@H](Cc1cnc[nH]1)C(=O)N[C@H](Cc1ccccc1)C(=O)N[C@@H](CCCCN)C(=O)N[C@@H](Cc1c[nH]c2ccccc12)C(N)=O. The van der Waals surface area contributed by atoms with Crippen molar-refractivity contribution in [2.75, 3.05) is 26.2 Å². The number of imidazole rings is 1. The number of aromatic amines is 2. The number of benzene rings is 2. The summed E-state index contributed by atoms with van der Waals surface area (Å²) in [5.74, 6) is -5.50. The molecule has 0 radical (unpaired) electrons. The highest BCUT2D eigenvalue weighted by atomic mass is 16.2. The van der Waals surface area contributed by atoms with Gasteiger partial charge in [-0.1, -0.05) is 126 Å². The Bertz CT molecular complexity index is 2810. The van der Waals surface area contributed by atoms with Crippen molar-refractivity contribution in [1.82, 2.24) is 62.9 Å². The average molecular weight is 1220 g/mol. The van der Waals surface area contributed by atoms with Crippen LogP contribution in [0.4, 0.5) is 0 Å². The average Bonchev–Trinajstić information content (AvgIpc) is 4.39. The Morgan fingerprint density at radius 1 is 0.580 bits per heavy atom. The monoisotopic (exact) mass is 1220 g/mol. The molecule has 88 heavy (non-hydrogen) atoms. The topological polar surface area (TPSA) is 371 Å². The lowest BCUT2D eigenvalue weighted by Gasteiger charge is -2.27. The molecule has 24 heteroatoms. The van der Waals surface area contributed by atoms with Gasteiger partial charge in [-0.05, 0) is 94.9 Å². The molecule has 0 saturated carbocycles. The first kappa shape index (κ1) is 72.1. The van der Waals surface area contributed by atoms with Crippen LogP contribution >= 0.6 is 0 Å². The number of hydrogen-bond donors (Lipinski definition) is 13. The van der Waals surface area contributed by atoms with Crippen molar-refractivity contribution in [3.63, 3.8) is 0 Å². The number of fused-ring (bicyclic) bond motifs is 1. The lowest BCUT2D eigenvalue weighted by atomic mass is 10.0. The predicted octanol–water partition coefficient (Wildman–Crippen LogP) is 4.11. The Labute approximate surface area is 517 Å². The third-order valence-corrected chi connectivity index (χ3v) is 14.8. The third-order valence-electron chi connectivity index (χ3n) is 14.8. The van der Waals surface area contributed by atoms with Gasteiger partial charge in [0, 0.05) is 67.8 Å². The number of carbonyl (C=O) groups excluding carboxylic acids is 9. The third kappa shape index (κ3) is 28.9. The second kappa shape index (κ2) is 42.4. The number of carbonyl (C=O) groups is 9. The molecule has 0 saturated heterocycles. The van der Waals surface area contributed by atoms with Crippen LogP contribution in [0.25, 0.3) is 10.9 Å². The number of allylic oxidation sites excluding steroid dienone is 2. The summed E-state index contributed by atoms with van der Waals surface area (Å²) < 4.78 is 0. The number of nitrogens with one attached hydrogen (secondary N) is 11. The molecule has 15 N–H and O–H groups in total. The number of nitrogens with two attached hydrogens (primary N) is 2. The summed E-state index contributed by atoms with van der Waals surface area (Å²) in [5, 5.41) is 26.6. The zero-order valence-corrected chi connectivity index (χ0v) is 51.7. The summed E-state index contributed by atoms with van der Waals surface area (Å²) in [6, 6.07) is 9.12. The van der Waals surface area contributed by atoms with E-state index in [0.29, 0.717) is 69.4 Å². The Kier molecular flexibility index (Phi) is 34.8. The van der Waals surface area contributed by atoms with Gasteiger partial charge in [0.15, 0.2) is 0 Å². The molecule has 482 valence electrons. The molecule has 9 amide bonds. The van der Waals surface area contributed by atoms with Gasteiger partial charge in [0.25, 0.3) is 5.91 Å². The standard InChI is InChI=1S/C64H97N15O9/c1-4-6-8-9-10-11-12-13-14-15-16-17-21-33-56(80)68-35-26-36-69-57(81)42-72-73-43-58(82)75-51(30-7-5-2)61(85)74-45(3)60(84)78-55(39-48-41-67-44-71-48)64(88)79-54(37-46-27-19-18-20-28-46)63(87)76-52(32-24-25-34-65)62(86)77-53(59(66)83)38-47-40-70-50-31-23-22-29-49(47)50/h11-12,18-20,22-23,27-29,31,40-42,44-45,51-55,70,73H,4-10,13-17,21,24-26,30,32-39,43,65H2,1-3H3,(H2,66,83)(H,67,71)(H,68,80)(H,69,81)(H,74,85)(H,75,82)(H,76,87)(H,77,86)(H,78,84)(H,79,88)/b12-11-,72-42+/t45-,51-,52-,53-,54+,55-/m0/s1. The van der Waals surface area contributed by atoms with Gasteiger partial charge in [0.05, 0.1) is 6.33 Å². The van der Waals surface area contributed by atoms with Crippen LogP contribution in [0.1, 0.15) is 160 Å². The van der Waals surface area contributed by atoms with E-state index in [9.17, 15) is 43.2 Å². The zero-order valence-electron chi connectivity index (χ0n) is 51.7. The van der Waals surface area contributed by atoms with Crippen molar-refractivity contribution >= 4 is 70.3 Å². The zero-order chi connectivity index (χ0) is 63.7. The quantitative estimate of drug-likeness (QED) is 0.0129. The normalized spacial score (nSPS) is 13.4. The van der Waals surface area contributed by atoms with Gasteiger partial charge < -0.3 is 69.4 Å². The summed E-state index contributed by atoms with van der Waals surface area (Å²) in [7, 11) is 0. The fourth-order valence-corrected chi connectivity index (χ4v) is 9.69. The van der Waals surface area contributed by atoms with Crippen LogP contribution in [0.5, 0.6) is 0 Å². The molecule has 0 aliphatic carbocycles. The fourth-order valence-electron chi connectivity index (χ4n) is 9.69. The molecule has 2 aromatic carbocycles. The maximum atomic E-state index is 14.5. The van der Waals surface area contributed by atoms with Crippen LogP contribution in [0.2, 0.25) is 0 Å². The first-order valence-corrected chi connectivity index (χ1v) is 31.4. The van der Waals surface area contributed by atoms with Crippen LogP contribution in [0, 0.1) is 0 Å². The molecule has 0 unspecified atom stereocenters. The van der Waals surface area contributed by atoms with E-state index in [0.717, 1.165) is 54.8 Å². The minimum absolute atomic E-state index is 0.0117. The van der Waals surface area contributed by atoms with E-state index >= 15 is 0 Å². The van der Waals surface area contributed by atoms with E-state index in [1.807, 2.05) is 31.2 Å². The van der Waals surface area contributed by atoms with Crippen LogP contribution in [0.15, 0.2) is 90.6 Å². The van der Waals surface area contributed by atoms with Crippen LogP contribution in [-0.2, 0) is 62.4 Å². The molecule has 0 aliphatic heterocycles. The van der Waals surface area contributed by atoms with Gasteiger partial charge in [-0.2, -0.15) is 5.10 Å². The van der Waals surface area contributed by atoms with Crippen molar-refractivity contribution in [2.24, 2.45) is 16.6 Å². The number of primary amides is 1. The lowest BCUT2D eigenvalue weighted by Crippen LogP contribution is -2.60. The molecule has 2 aromatic heterocycles. The maximum Gasteiger partial charge on any atom is 0.264 e. The molecule has 2 heterocycles. The smallest absolute Gasteiger partial charge is 0.264 e. The summed E-state index contributed by atoms with van der Waals surface area (Å²) in [6.07, 6.45) is 26.4. The highest BCUT2D eigenvalue weighted by Crippen LogP contribution is 2.20.